The highest BCUT2D eigenvalue weighted by Crippen LogP contribution is 2.18. The molecule has 0 aliphatic carbocycles. The van der Waals surface area contributed by atoms with Crippen molar-refractivity contribution in [1.29, 1.82) is 0 Å². The summed E-state index contributed by atoms with van der Waals surface area (Å²) >= 11 is 1.39. The fourth-order valence-corrected chi connectivity index (χ4v) is 2.46. The van der Waals surface area contributed by atoms with Gasteiger partial charge >= 0.3 is 0 Å². The van der Waals surface area contributed by atoms with Gasteiger partial charge in [0.05, 0.1) is 0 Å². The molecule has 1 heterocycles. The van der Waals surface area contributed by atoms with Crippen molar-refractivity contribution in [2.45, 2.75) is 25.8 Å². The second-order valence-electron chi connectivity index (χ2n) is 4.13. The van der Waals surface area contributed by atoms with Crippen molar-refractivity contribution in [3.63, 3.8) is 0 Å². The Bertz CT molecular complexity index is 546. The van der Waals surface area contributed by atoms with Gasteiger partial charge in [0.25, 0.3) is 0 Å². The number of nitrogens with two attached hydrogens (primary N) is 1. The molecule has 2 aromatic rings. The molecule has 108 valence electrons. The van der Waals surface area contributed by atoms with Crippen LogP contribution in [0.1, 0.15) is 30.0 Å². The van der Waals surface area contributed by atoms with E-state index in [4.69, 9.17) is 5.73 Å². The van der Waals surface area contributed by atoms with Crippen molar-refractivity contribution >= 4 is 34.8 Å². The van der Waals surface area contributed by atoms with Gasteiger partial charge in [0.1, 0.15) is 11.0 Å². The minimum Gasteiger partial charge on any atom is -0.316 e. The molecule has 2 rings (SSSR count). The maximum absolute atomic E-state index is 12.0. The van der Waals surface area contributed by atoms with Crippen LogP contribution in [-0.4, -0.2) is 16.1 Å². The highest BCUT2D eigenvalue weighted by Gasteiger charge is 2.17. The van der Waals surface area contributed by atoms with E-state index in [1.165, 1.54) is 11.3 Å². The number of nitrogens with zero attached hydrogens (tertiary/aromatic N) is 2. The Hall–Kier alpha value is -1.50. The van der Waals surface area contributed by atoms with Gasteiger partial charge in [-0.15, -0.1) is 22.6 Å². The molecule has 0 radical (unpaired) electrons. The molecule has 0 bridgehead atoms. The van der Waals surface area contributed by atoms with Crippen LogP contribution in [0.15, 0.2) is 30.3 Å². The van der Waals surface area contributed by atoms with Crippen LogP contribution >= 0.6 is 23.7 Å². The molecule has 0 spiro atoms. The molecule has 5 nitrogen and oxygen atoms in total. The van der Waals surface area contributed by atoms with E-state index in [0.29, 0.717) is 5.13 Å². The number of halogens is 1. The number of hydrogen-bond donors (Lipinski definition) is 2. The molecule has 0 aliphatic heterocycles. The molecule has 1 unspecified atom stereocenters. The molecule has 1 amide bonds. The number of carbonyl (C=O) groups excluding carboxylic acids is 1. The van der Waals surface area contributed by atoms with Crippen LogP contribution in [0.25, 0.3) is 0 Å². The van der Waals surface area contributed by atoms with Gasteiger partial charge in [0.2, 0.25) is 11.0 Å². The fourth-order valence-electron chi connectivity index (χ4n) is 1.61. The lowest BCUT2D eigenvalue weighted by atomic mass is 10.1. The van der Waals surface area contributed by atoms with Crippen molar-refractivity contribution < 1.29 is 4.79 Å². The van der Waals surface area contributed by atoms with Crippen LogP contribution in [0.3, 0.4) is 0 Å². The van der Waals surface area contributed by atoms with E-state index in [9.17, 15) is 4.79 Å². The summed E-state index contributed by atoms with van der Waals surface area (Å²) in [5, 5.41) is 12.1. The number of aromatic nitrogens is 2. The van der Waals surface area contributed by atoms with Crippen LogP contribution in [0.4, 0.5) is 5.13 Å². The second kappa shape index (κ2) is 7.94. The van der Waals surface area contributed by atoms with E-state index < -0.39 is 6.04 Å². The third kappa shape index (κ3) is 4.26. The molecule has 0 fully saturated rings. The summed E-state index contributed by atoms with van der Waals surface area (Å²) in [6, 6.07) is 8.55. The summed E-state index contributed by atoms with van der Waals surface area (Å²) in [6.45, 7) is 2.07. The predicted octanol–water partition coefficient (Wildman–Crippen LogP) is 2.55. The van der Waals surface area contributed by atoms with E-state index >= 15 is 0 Å². The van der Waals surface area contributed by atoms with Crippen molar-refractivity contribution in [3.8, 4) is 0 Å². The summed E-state index contributed by atoms with van der Waals surface area (Å²) in [4.78, 5) is 12.0. The van der Waals surface area contributed by atoms with Crippen LogP contribution in [0.5, 0.6) is 0 Å². The SMILES string of the molecule is CCCc1nnc(NC(=O)C(N)c2ccccc2)s1.Cl. The number of hydrogen-bond acceptors (Lipinski definition) is 5. The molecule has 1 aromatic carbocycles. The molecule has 3 N–H and O–H groups in total. The van der Waals surface area contributed by atoms with Gasteiger partial charge in [-0.2, -0.15) is 0 Å². The average Bonchev–Trinajstić information content (AvgIpc) is 2.86. The Morgan fingerprint density at radius 1 is 1.35 bits per heavy atom. The summed E-state index contributed by atoms with van der Waals surface area (Å²) in [6.07, 6.45) is 1.88. The monoisotopic (exact) mass is 312 g/mol. The molecule has 0 aliphatic rings. The summed E-state index contributed by atoms with van der Waals surface area (Å²) < 4.78 is 0. The molecular formula is C13H17ClN4OS. The third-order valence-corrected chi connectivity index (χ3v) is 3.50. The number of rotatable bonds is 5. The average molecular weight is 313 g/mol. The first kappa shape index (κ1) is 16.6. The summed E-state index contributed by atoms with van der Waals surface area (Å²) in [5.74, 6) is -0.273. The molecule has 7 heteroatoms. The Morgan fingerprint density at radius 3 is 2.70 bits per heavy atom. The number of anilines is 1. The second-order valence-corrected chi connectivity index (χ2v) is 5.19. The lowest BCUT2D eigenvalue weighted by molar-refractivity contribution is -0.117. The standard InChI is InChI=1S/C13H16N4OS.ClH/c1-2-6-10-16-17-13(19-10)15-12(18)11(14)9-7-4-3-5-8-9;/h3-5,7-8,11H,2,6,14H2,1H3,(H,15,17,18);1H. The smallest absolute Gasteiger partial charge is 0.247 e. The van der Waals surface area contributed by atoms with Gasteiger partial charge in [-0.25, -0.2) is 0 Å². The quantitative estimate of drug-likeness (QED) is 0.889. The first-order chi connectivity index (χ1) is 9.20. The van der Waals surface area contributed by atoms with E-state index in [2.05, 4.69) is 22.4 Å². The van der Waals surface area contributed by atoms with Crippen LogP contribution in [0.2, 0.25) is 0 Å². The van der Waals surface area contributed by atoms with Crippen LogP contribution in [-0.2, 0) is 11.2 Å². The van der Waals surface area contributed by atoms with E-state index in [1.54, 1.807) is 0 Å². The molecule has 1 aromatic heterocycles. The minimum absolute atomic E-state index is 0. The highest BCUT2D eigenvalue weighted by molar-refractivity contribution is 7.15. The number of aryl methyl sites for hydroxylation is 1. The van der Waals surface area contributed by atoms with E-state index in [-0.39, 0.29) is 18.3 Å². The van der Waals surface area contributed by atoms with Crippen molar-refractivity contribution in [3.05, 3.63) is 40.9 Å². The number of nitrogens with one attached hydrogen (secondary N) is 1. The van der Waals surface area contributed by atoms with Crippen LogP contribution < -0.4 is 11.1 Å². The van der Waals surface area contributed by atoms with Gasteiger partial charge in [-0.05, 0) is 12.0 Å². The summed E-state index contributed by atoms with van der Waals surface area (Å²) in [7, 11) is 0. The topological polar surface area (TPSA) is 80.9 Å². The van der Waals surface area contributed by atoms with E-state index in [0.717, 1.165) is 23.4 Å². The van der Waals surface area contributed by atoms with Gasteiger partial charge in [0, 0.05) is 6.42 Å². The van der Waals surface area contributed by atoms with Gasteiger partial charge < -0.3 is 5.73 Å². The lowest BCUT2D eigenvalue weighted by Crippen LogP contribution is -2.27. The molecule has 1 atom stereocenters. The number of benzene rings is 1. The first-order valence-electron chi connectivity index (χ1n) is 6.14. The maximum atomic E-state index is 12.0. The van der Waals surface area contributed by atoms with Crippen molar-refractivity contribution in [1.82, 2.24) is 10.2 Å². The zero-order chi connectivity index (χ0) is 13.7. The van der Waals surface area contributed by atoms with Gasteiger partial charge in [-0.1, -0.05) is 48.6 Å². The van der Waals surface area contributed by atoms with Crippen molar-refractivity contribution in [2.24, 2.45) is 5.73 Å². The maximum Gasteiger partial charge on any atom is 0.247 e. The van der Waals surface area contributed by atoms with Crippen LogP contribution in [0, 0.1) is 0 Å². The predicted molar refractivity (Wildman–Crippen MR) is 83.2 cm³/mol. The Balaban J connectivity index is 0.00000200. The normalized spacial score (nSPS) is 11.5. The molecular weight excluding hydrogens is 296 g/mol. The van der Waals surface area contributed by atoms with Gasteiger partial charge in [-0.3, -0.25) is 10.1 Å². The zero-order valence-corrected chi connectivity index (χ0v) is 12.7. The largest absolute Gasteiger partial charge is 0.316 e. The number of amides is 1. The lowest BCUT2D eigenvalue weighted by Gasteiger charge is -2.10. The molecule has 0 saturated heterocycles. The molecule has 0 saturated carbocycles. The Labute approximate surface area is 128 Å². The minimum atomic E-state index is -0.695. The van der Waals surface area contributed by atoms with Crippen molar-refractivity contribution in [2.75, 3.05) is 5.32 Å². The number of carbonyl (C=O) groups is 1. The van der Waals surface area contributed by atoms with Gasteiger partial charge in [0.15, 0.2) is 0 Å². The zero-order valence-electron chi connectivity index (χ0n) is 11.1. The third-order valence-electron chi connectivity index (χ3n) is 2.60. The highest BCUT2D eigenvalue weighted by atomic mass is 35.5. The first-order valence-corrected chi connectivity index (χ1v) is 6.96. The van der Waals surface area contributed by atoms with E-state index in [1.807, 2.05) is 30.3 Å². The Morgan fingerprint density at radius 2 is 2.05 bits per heavy atom. The summed E-state index contributed by atoms with van der Waals surface area (Å²) in [5.41, 5.74) is 6.67. The Kier molecular flexibility index (Phi) is 6.57. The fraction of sp³-hybridized carbons (Fsp3) is 0.308. The molecule has 20 heavy (non-hydrogen) atoms.